The first-order valence-electron chi connectivity index (χ1n) is 6.77. The summed E-state index contributed by atoms with van der Waals surface area (Å²) >= 11 is 1.89. The summed E-state index contributed by atoms with van der Waals surface area (Å²) in [4.78, 5) is 0. The fourth-order valence-corrected chi connectivity index (χ4v) is 2.37. The minimum Gasteiger partial charge on any atom is -0.310 e. The van der Waals surface area contributed by atoms with Crippen molar-refractivity contribution in [1.82, 2.24) is 15.1 Å². The Kier molecular flexibility index (Phi) is 4.53. The van der Waals surface area contributed by atoms with Crippen LogP contribution in [0.4, 0.5) is 0 Å². The Balaban J connectivity index is 2.13. The van der Waals surface area contributed by atoms with Crippen molar-refractivity contribution in [2.45, 2.75) is 38.6 Å². The second-order valence-corrected chi connectivity index (χ2v) is 6.86. The number of aromatic nitrogens is 2. The molecule has 0 bridgehead atoms. The number of hydrogen-bond donors (Lipinski definition) is 1. The van der Waals surface area contributed by atoms with Gasteiger partial charge in [-0.3, -0.25) is 4.68 Å². The fraction of sp³-hybridized carbons (Fsp3) is 0.533. The van der Waals surface area contributed by atoms with E-state index in [1.165, 1.54) is 10.9 Å². The first kappa shape index (κ1) is 14.4. The van der Waals surface area contributed by atoms with E-state index < -0.39 is 0 Å². The molecular formula is C15H23N3S. The Morgan fingerprint density at radius 1 is 1.32 bits per heavy atom. The van der Waals surface area contributed by atoms with Crippen LogP contribution in [0.1, 0.15) is 26.5 Å². The van der Waals surface area contributed by atoms with Crippen LogP contribution in [-0.4, -0.2) is 27.3 Å². The van der Waals surface area contributed by atoms with Gasteiger partial charge < -0.3 is 5.32 Å². The molecule has 1 heterocycles. The summed E-state index contributed by atoms with van der Waals surface area (Å²) in [6, 6.07) is 8.45. The fourth-order valence-electron chi connectivity index (χ4n) is 2.12. The highest BCUT2D eigenvalue weighted by atomic mass is 32.2. The van der Waals surface area contributed by atoms with E-state index in [2.05, 4.69) is 61.3 Å². The SMILES string of the molecule is CCn1nc(CNCC(C)(C)SC)c2ccccc21. The summed E-state index contributed by atoms with van der Waals surface area (Å²) in [5.74, 6) is 0. The number of rotatable bonds is 6. The molecule has 19 heavy (non-hydrogen) atoms. The zero-order valence-corrected chi connectivity index (χ0v) is 13.0. The van der Waals surface area contributed by atoms with Crippen molar-refractivity contribution in [2.24, 2.45) is 0 Å². The van der Waals surface area contributed by atoms with Gasteiger partial charge in [-0.05, 0) is 33.1 Å². The van der Waals surface area contributed by atoms with Crippen molar-refractivity contribution in [2.75, 3.05) is 12.8 Å². The molecule has 0 aliphatic carbocycles. The maximum atomic E-state index is 4.70. The molecule has 3 nitrogen and oxygen atoms in total. The predicted octanol–water partition coefficient (Wildman–Crippen LogP) is 3.29. The molecule has 0 spiro atoms. The van der Waals surface area contributed by atoms with Crippen molar-refractivity contribution in [1.29, 1.82) is 0 Å². The van der Waals surface area contributed by atoms with Gasteiger partial charge in [0.05, 0.1) is 11.2 Å². The Bertz CT molecular complexity index is 545. The van der Waals surface area contributed by atoms with Gasteiger partial charge in [0.25, 0.3) is 0 Å². The standard InChI is InChI=1S/C15H23N3S/c1-5-18-14-9-7-6-8-12(14)13(17-18)10-16-11-15(2,3)19-4/h6-9,16H,5,10-11H2,1-4H3. The van der Waals surface area contributed by atoms with E-state index in [1.807, 2.05) is 11.8 Å². The first-order valence-corrected chi connectivity index (χ1v) is 8.00. The van der Waals surface area contributed by atoms with E-state index in [0.717, 1.165) is 25.3 Å². The van der Waals surface area contributed by atoms with E-state index in [-0.39, 0.29) is 4.75 Å². The maximum absolute atomic E-state index is 4.70. The van der Waals surface area contributed by atoms with Gasteiger partial charge in [0.1, 0.15) is 0 Å². The van der Waals surface area contributed by atoms with Crippen LogP contribution in [-0.2, 0) is 13.1 Å². The minimum absolute atomic E-state index is 0.267. The number of thioether (sulfide) groups is 1. The lowest BCUT2D eigenvalue weighted by atomic mass is 10.2. The lowest BCUT2D eigenvalue weighted by Gasteiger charge is -2.22. The Labute approximate surface area is 119 Å². The minimum atomic E-state index is 0.267. The second kappa shape index (κ2) is 5.97. The summed E-state index contributed by atoms with van der Waals surface area (Å²) in [5, 5.41) is 9.49. The first-order chi connectivity index (χ1) is 9.07. The highest BCUT2D eigenvalue weighted by Gasteiger charge is 2.16. The average Bonchev–Trinajstić information content (AvgIpc) is 2.77. The quantitative estimate of drug-likeness (QED) is 0.878. The van der Waals surface area contributed by atoms with Crippen molar-refractivity contribution in [3.8, 4) is 0 Å². The smallest absolute Gasteiger partial charge is 0.0841 e. The maximum Gasteiger partial charge on any atom is 0.0841 e. The van der Waals surface area contributed by atoms with Crippen LogP contribution in [0.25, 0.3) is 10.9 Å². The molecule has 0 radical (unpaired) electrons. The number of hydrogen-bond acceptors (Lipinski definition) is 3. The molecular weight excluding hydrogens is 254 g/mol. The van der Waals surface area contributed by atoms with Crippen LogP contribution in [0, 0.1) is 0 Å². The lowest BCUT2D eigenvalue weighted by molar-refractivity contribution is 0.576. The van der Waals surface area contributed by atoms with Gasteiger partial charge in [-0.1, -0.05) is 18.2 Å². The molecule has 2 aromatic rings. The zero-order chi connectivity index (χ0) is 13.9. The predicted molar refractivity (Wildman–Crippen MR) is 84.7 cm³/mol. The van der Waals surface area contributed by atoms with E-state index in [4.69, 9.17) is 5.10 Å². The number of fused-ring (bicyclic) bond motifs is 1. The van der Waals surface area contributed by atoms with Gasteiger partial charge in [-0.2, -0.15) is 16.9 Å². The molecule has 2 rings (SSSR count). The number of nitrogens with zero attached hydrogens (tertiary/aromatic N) is 2. The number of aryl methyl sites for hydroxylation is 1. The summed E-state index contributed by atoms with van der Waals surface area (Å²) in [6.45, 7) is 9.38. The Hall–Kier alpha value is -1.00. The molecule has 0 fully saturated rings. The molecule has 0 unspecified atom stereocenters. The summed E-state index contributed by atoms with van der Waals surface area (Å²) < 4.78 is 2.34. The van der Waals surface area contributed by atoms with Crippen LogP contribution in [0.2, 0.25) is 0 Å². The van der Waals surface area contributed by atoms with Crippen LogP contribution < -0.4 is 5.32 Å². The molecule has 0 aliphatic heterocycles. The molecule has 4 heteroatoms. The van der Waals surface area contributed by atoms with Gasteiger partial charge in [-0.15, -0.1) is 0 Å². The molecule has 1 aromatic heterocycles. The molecule has 0 amide bonds. The zero-order valence-electron chi connectivity index (χ0n) is 12.2. The molecule has 1 aromatic carbocycles. The number of para-hydroxylation sites is 1. The molecule has 0 aliphatic rings. The van der Waals surface area contributed by atoms with Crippen LogP contribution in [0.3, 0.4) is 0 Å². The van der Waals surface area contributed by atoms with E-state index in [9.17, 15) is 0 Å². The third kappa shape index (κ3) is 3.31. The van der Waals surface area contributed by atoms with Gasteiger partial charge >= 0.3 is 0 Å². The van der Waals surface area contributed by atoms with Crippen LogP contribution >= 0.6 is 11.8 Å². The van der Waals surface area contributed by atoms with Gasteiger partial charge in [-0.25, -0.2) is 0 Å². The molecule has 0 saturated carbocycles. The van der Waals surface area contributed by atoms with Crippen LogP contribution in [0.15, 0.2) is 24.3 Å². The molecule has 104 valence electrons. The molecule has 0 atom stereocenters. The average molecular weight is 277 g/mol. The van der Waals surface area contributed by atoms with E-state index in [1.54, 1.807) is 0 Å². The van der Waals surface area contributed by atoms with Crippen molar-refractivity contribution >= 4 is 22.7 Å². The van der Waals surface area contributed by atoms with Crippen molar-refractivity contribution in [3.05, 3.63) is 30.0 Å². The Morgan fingerprint density at radius 2 is 2.05 bits per heavy atom. The second-order valence-electron chi connectivity index (χ2n) is 5.35. The highest BCUT2D eigenvalue weighted by Crippen LogP contribution is 2.21. The molecule has 1 N–H and O–H groups in total. The largest absolute Gasteiger partial charge is 0.310 e. The Morgan fingerprint density at radius 3 is 2.74 bits per heavy atom. The summed E-state index contributed by atoms with van der Waals surface area (Å²) in [6.07, 6.45) is 2.16. The lowest BCUT2D eigenvalue weighted by Crippen LogP contribution is -2.31. The van der Waals surface area contributed by atoms with Crippen molar-refractivity contribution < 1.29 is 0 Å². The van der Waals surface area contributed by atoms with Gasteiger partial charge in [0.2, 0.25) is 0 Å². The number of nitrogens with one attached hydrogen (secondary N) is 1. The third-order valence-corrected chi connectivity index (χ3v) is 4.68. The normalized spacial score (nSPS) is 12.2. The van der Waals surface area contributed by atoms with E-state index >= 15 is 0 Å². The summed E-state index contributed by atoms with van der Waals surface area (Å²) in [7, 11) is 0. The molecule has 0 saturated heterocycles. The van der Waals surface area contributed by atoms with E-state index in [0.29, 0.717) is 0 Å². The third-order valence-electron chi connectivity index (χ3n) is 3.43. The number of benzene rings is 1. The van der Waals surface area contributed by atoms with Crippen LogP contribution in [0.5, 0.6) is 0 Å². The summed E-state index contributed by atoms with van der Waals surface area (Å²) in [5.41, 5.74) is 2.38. The topological polar surface area (TPSA) is 29.9 Å². The van der Waals surface area contributed by atoms with Gasteiger partial charge in [0.15, 0.2) is 0 Å². The van der Waals surface area contributed by atoms with Gasteiger partial charge in [0, 0.05) is 29.8 Å². The van der Waals surface area contributed by atoms with Crippen molar-refractivity contribution in [3.63, 3.8) is 0 Å². The highest BCUT2D eigenvalue weighted by molar-refractivity contribution is 7.99. The monoisotopic (exact) mass is 277 g/mol.